The van der Waals surface area contributed by atoms with Crippen LogP contribution in [-0.2, 0) is 4.79 Å². The predicted molar refractivity (Wildman–Crippen MR) is 91.8 cm³/mol. The molecule has 0 spiro atoms. The maximum atomic E-state index is 12.2. The molecule has 6 heteroatoms. The van der Waals surface area contributed by atoms with Gasteiger partial charge >= 0.3 is 0 Å². The normalized spacial score (nSPS) is 23.4. The number of amides is 1. The van der Waals surface area contributed by atoms with E-state index in [0.717, 1.165) is 36.9 Å². The van der Waals surface area contributed by atoms with E-state index in [1.54, 1.807) is 11.5 Å². The molecule has 23 heavy (non-hydrogen) atoms. The number of anilines is 1. The van der Waals surface area contributed by atoms with E-state index in [2.05, 4.69) is 14.6 Å². The van der Waals surface area contributed by atoms with Crippen molar-refractivity contribution in [3.05, 3.63) is 5.82 Å². The van der Waals surface area contributed by atoms with Crippen molar-refractivity contribution in [2.75, 3.05) is 18.0 Å². The van der Waals surface area contributed by atoms with Gasteiger partial charge in [0, 0.05) is 43.0 Å². The molecular formula is C17H26N4OS. The highest BCUT2D eigenvalue weighted by Gasteiger charge is 2.30. The Labute approximate surface area is 142 Å². The summed E-state index contributed by atoms with van der Waals surface area (Å²) in [6.07, 6.45) is 10.3. The number of rotatable bonds is 5. The molecule has 1 aromatic heterocycles. The summed E-state index contributed by atoms with van der Waals surface area (Å²) < 4.78 is 4.50. The third-order valence-corrected chi connectivity index (χ3v) is 6.24. The first kappa shape index (κ1) is 15.4. The fourth-order valence-electron chi connectivity index (χ4n) is 3.81. The van der Waals surface area contributed by atoms with Gasteiger partial charge in [0.15, 0.2) is 0 Å². The summed E-state index contributed by atoms with van der Waals surface area (Å²) in [6.45, 7) is 2.03. The van der Waals surface area contributed by atoms with E-state index in [0.29, 0.717) is 24.3 Å². The first-order chi connectivity index (χ1) is 11.3. The van der Waals surface area contributed by atoms with Crippen LogP contribution in [0.5, 0.6) is 0 Å². The van der Waals surface area contributed by atoms with Gasteiger partial charge in [0.1, 0.15) is 5.82 Å². The molecule has 0 bridgehead atoms. The average Bonchev–Trinajstić information content (AvgIpc) is 3.07. The van der Waals surface area contributed by atoms with E-state index in [4.69, 9.17) is 4.98 Å². The smallest absolute Gasteiger partial charge is 0.220 e. The highest BCUT2D eigenvalue weighted by atomic mass is 32.1. The molecule has 0 atom stereocenters. The molecule has 0 radical (unpaired) electrons. The molecule has 1 aliphatic heterocycles. The highest BCUT2D eigenvalue weighted by molar-refractivity contribution is 7.09. The van der Waals surface area contributed by atoms with Crippen LogP contribution in [-0.4, -0.2) is 34.4 Å². The SMILES string of the molecule is O=C(CC1CCN(c2nc(C3CC3)ns2)CC1)NC1CCCC1. The van der Waals surface area contributed by atoms with Crippen LogP contribution >= 0.6 is 11.5 Å². The molecule has 2 saturated carbocycles. The zero-order valence-corrected chi connectivity index (χ0v) is 14.5. The third-order valence-electron chi connectivity index (χ3n) is 5.45. The summed E-state index contributed by atoms with van der Waals surface area (Å²) in [5.74, 6) is 2.49. The first-order valence-corrected chi connectivity index (χ1v) is 9.93. The summed E-state index contributed by atoms with van der Waals surface area (Å²) >= 11 is 1.55. The van der Waals surface area contributed by atoms with E-state index in [1.807, 2.05) is 0 Å². The molecule has 0 unspecified atom stereocenters. The van der Waals surface area contributed by atoms with E-state index in [1.165, 1.54) is 38.5 Å². The van der Waals surface area contributed by atoms with Gasteiger partial charge in [-0.3, -0.25) is 4.79 Å². The molecule has 4 rings (SSSR count). The number of nitrogens with one attached hydrogen (secondary N) is 1. The van der Waals surface area contributed by atoms with Crippen molar-refractivity contribution in [1.82, 2.24) is 14.7 Å². The Bertz CT molecular complexity index is 543. The molecule has 2 heterocycles. The Balaban J connectivity index is 1.22. The number of carbonyl (C=O) groups is 1. The van der Waals surface area contributed by atoms with E-state index < -0.39 is 0 Å². The first-order valence-electron chi connectivity index (χ1n) is 9.16. The second-order valence-corrected chi connectivity index (χ2v) is 8.12. The molecule has 0 aromatic carbocycles. The summed E-state index contributed by atoms with van der Waals surface area (Å²) in [5, 5.41) is 4.30. The van der Waals surface area contributed by atoms with Crippen LogP contribution < -0.4 is 10.2 Å². The van der Waals surface area contributed by atoms with Gasteiger partial charge in [0.05, 0.1) is 0 Å². The zero-order valence-electron chi connectivity index (χ0n) is 13.7. The molecule has 1 saturated heterocycles. The van der Waals surface area contributed by atoms with Crippen molar-refractivity contribution in [3.63, 3.8) is 0 Å². The van der Waals surface area contributed by atoms with Crippen molar-refractivity contribution >= 4 is 22.6 Å². The number of piperidine rings is 1. The lowest BCUT2D eigenvalue weighted by Gasteiger charge is -2.31. The largest absolute Gasteiger partial charge is 0.353 e. The van der Waals surface area contributed by atoms with Crippen molar-refractivity contribution in [2.24, 2.45) is 5.92 Å². The summed E-state index contributed by atoms with van der Waals surface area (Å²) in [7, 11) is 0. The zero-order chi connectivity index (χ0) is 15.6. The second kappa shape index (κ2) is 6.75. The molecule has 126 valence electrons. The molecule has 1 amide bonds. The van der Waals surface area contributed by atoms with Crippen molar-refractivity contribution in [1.29, 1.82) is 0 Å². The van der Waals surface area contributed by atoms with Gasteiger partial charge in [0.25, 0.3) is 0 Å². The number of nitrogens with zero attached hydrogens (tertiary/aromatic N) is 3. The van der Waals surface area contributed by atoms with Crippen LogP contribution in [0.25, 0.3) is 0 Å². The standard InChI is InChI=1S/C17H26N4OS/c22-15(18-14-3-1-2-4-14)11-12-7-9-21(10-8-12)17-19-16(20-23-17)13-5-6-13/h12-14H,1-11H2,(H,18,22). The lowest BCUT2D eigenvalue weighted by molar-refractivity contribution is -0.122. The lowest BCUT2D eigenvalue weighted by Crippen LogP contribution is -2.38. The molecule has 1 N–H and O–H groups in total. The third kappa shape index (κ3) is 3.84. The van der Waals surface area contributed by atoms with Crippen LogP contribution in [0.1, 0.15) is 69.5 Å². The highest BCUT2D eigenvalue weighted by Crippen LogP contribution is 2.40. The number of carbonyl (C=O) groups excluding carboxylic acids is 1. The van der Waals surface area contributed by atoms with Gasteiger partial charge in [-0.05, 0) is 44.4 Å². The van der Waals surface area contributed by atoms with Crippen LogP contribution in [0.4, 0.5) is 5.13 Å². The minimum absolute atomic E-state index is 0.266. The summed E-state index contributed by atoms with van der Waals surface area (Å²) in [5.41, 5.74) is 0. The topological polar surface area (TPSA) is 58.1 Å². The monoisotopic (exact) mass is 334 g/mol. The van der Waals surface area contributed by atoms with Crippen molar-refractivity contribution in [2.45, 2.75) is 69.7 Å². The van der Waals surface area contributed by atoms with Crippen LogP contribution in [0.3, 0.4) is 0 Å². The number of hydrogen-bond donors (Lipinski definition) is 1. The minimum Gasteiger partial charge on any atom is -0.353 e. The van der Waals surface area contributed by atoms with Gasteiger partial charge in [-0.25, -0.2) is 4.98 Å². The Hall–Kier alpha value is -1.17. The molecule has 3 fully saturated rings. The molecule has 3 aliphatic rings. The van der Waals surface area contributed by atoms with E-state index in [-0.39, 0.29) is 5.91 Å². The van der Waals surface area contributed by atoms with Gasteiger partial charge in [-0.15, -0.1) is 0 Å². The molecule has 1 aromatic rings. The van der Waals surface area contributed by atoms with E-state index >= 15 is 0 Å². The number of aromatic nitrogens is 2. The second-order valence-electron chi connectivity index (χ2n) is 7.39. The lowest BCUT2D eigenvalue weighted by atomic mass is 9.93. The quantitative estimate of drug-likeness (QED) is 0.899. The predicted octanol–water partition coefficient (Wildman–Crippen LogP) is 3.08. The van der Waals surface area contributed by atoms with Crippen LogP contribution in [0.15, 0.2) is 0 Å². The fraction of sp³-hybridized carbons (Fsp3) is 0.824. The van der Waals surface area contributed by atoms with Crippen LogP contribution in [0.2, 0.25) is 0 Å². The molecular weight excluding hydrogens is 308 g/mol. The van der Waals surface area contributed by atoms with Crippen molar-refractivity contribution < 1.29 is 4.79 Å². The minimum atomic E-state index is 0.266. The van der Waals surface area contributed by atoms with E-state index in [9.17, 15) is 4.79 Å². The van der Waals surface area contributed by atoms with Crippen molar-refractivity contribution in [3.8, 4) is 0 Å². The fourth-order valence-corrected chi connectivity index (χ4v) is 4.61. The van der Waals surface area contributed by atoms with Gasteiger partial charge < -0.3 is 10.2 Å². The summed E-state index contributed by atoms with van der Waals surface area (Å²) in [4.78, 5) is 19.2. The van der Waals surface area contributed by atoms with Gasteiger partial charge in [0.2, 0.25) is 11.0 Å². The van der Waals surface area contributed by atoms with Gasteiger partial charge in [-0.2, -0.15) is 4.37 Å². The average molecular weight is 334 g/mol. The number of hydrogen-bond acceptors (Lipinski definition) is 5. The Morgan fingerprint density at radius 2 is 1.87 bits per heavy atom. The maximum Gasteiger partial charge on any atom is 0.220 e. The molecule has 5 nitrogen and oxygen atoms in total. The Kier molecular flexibility index (Phi) is 4.51. The summed E-state index contributed by atoms with van der Waals surface area (Å²) in [6, 6.07) is 0.449. The maximum absolute atomic E-state index is 12.2. The Morgan fingerprint density at radius 3 is 2.57 bits per heavy atom. The molecule has 2 aliphatic carbocycles. The Morgan fingerprint density at radius 1 is 1.13 bits per heavy atom. The van der Waals surface area contributed by atoms with Crippen LogP contribution in [0, 0.1) is 5.92 Å². The van der Waals surface area contributed by atoms with Gasteiger partial charge in [-0.1, -0.05) is 12.8 Å².